The molecule has 9 nitrogen and oxygen atoms in total. The van der Waals surface area contributed by atoms with Crippen LogP contribution < -0.4 is 4.90 Å². The Labute approximate surface area is 139 Å². The van der Waals surface area contributed by atoms with Gasteiger partial charge in [0.1, 0.15) is 12.1 Å². The highest BCUT2D eigenvalue weighted by molar-refractivity contribution is 5.47. The van der Waals surface area contributed by atoms with Gasteiger partial charge in [-0.1, -0.05) is 5.16 Å². The zero-order valence-electron chi connectivity index (χ0n) is 13.9. The summed E-state index contributed by atoms with van der Waals surface area (Å²) < 4.78 is 6.87. The first-order valence-corrected chi connectivity index (χ1v) is 8.13. The molecule has 0 spiro atoms. The smallest absolute Gasteiger partial charge is 0.254 e. The first-order valence-electron chi connectivity index (χ1n) is 8.13. The van der Waals surface area contributed by atoms with Crippen molar-refractivity contribution in [3.8, 4) is 0 Å². The lowest BCUT2D eigenvalue weighted by molar-refractivity contribution is 0.272. The zero-order chi connectivity index (χ0) is 16.5. The number of aromatic nitrogens is 6. The summed E-state index contributed by atoms with van der Waals surface area (Å²) in [6.07, 6.45) is 2.61. The summed E-state index contributed by atoms with van der Waals surface area (Å²) in [4.78, 5) is 17.6. The Hall–Kier alpha value is -2.55. The standard InChI is InChI=1S/C15H20N8O/c1-11-8-14(23-15(18-11)16-10-17-23)22-5-3-4-21(6-7-22)9-13-19-12(2)24-20-13/h8,10H,3-7,9H2,1-2H3. The van der Waals surface area contributed by atoms with Crippen LogP contribution in [0.3, 0.4) is 0 Å². The highest BCUT2D eigenvalue weighted by Gasteiger charge is 2.19. The van der Waals surface area contributed by atoms with Gasteiger partial charge in [-0.05, 0) is 13.3 Å². The number of anilines is 1. The van der Waals surface area contributed by atoms with Gasteiger partial charge in [-0.15, -0.1) is 0 Å². The van der Waals surface area contributed by atoms with E-state index in [9.17, 15) is 0 Å². The molecule has 1 saturated heterocycles. The van der Waals surface area contributed by atoms with Crippen molar-refractivity contribution in [3.05, 3.63) is 29.8 Å². The maximum Gasteiger partial charge on any atom is 0.254 e. The fourth-order valence-corrected chi connectivity index (χ4v) is 3.10. The average molecular weight is 328 g/mol. The lowest BCUT2D eigenvalue weighted by atomic mass is 10.3. The van der Waals surface area contributed by atoms with Gasteiger partial charge in [0, 0.05) is 44.9 Å². The minimum atomic E-state index is 0.613. The van der Waals surface area contributed by atoms with Crippen molar-refractivity contribution in [2.45, 2.75) is 26.8 Å². The van der Waals surface area contributed by atoms with Crippen molar-refractivity contribution < 1.29 is 4.52 Å². The van der Waals surface area contributed by atoms with Crippen molar-refractivity contribution in [2.24, 2.45) is 0 Å². The third-order valence-corrected chi connectivity index (χ3v) is 4.21. The van der Waals surface area contributed by atoms with Gasteiger partial charge in [0.2, 0.25) is 5.89 Å². The van der Waals surface area contributed by atoms with E-state index in [1.54, 1.807) is 6.33 Å². The van der Waals surface area contributed by atoms with E-state index in [-0.39, 0.29) is 0 Å². The fourth-order valence-electron chi connectivity index (χ4n) is 3.10. The number of hydrogen-bond donors (Lipinski definition) is 0. The summed E-state index contributed by atoms with van der Waals surface area (Å²) in [6, 6.07) is 2.07. The normalized spacial score (nSPS) is 16.7. The average Bonchev–Trinajstić information content (AvgIpc) is 3.11. The molecule has 9 heteroatoms. The molecule has 126 valence electrons. The van der Waals surface area contributed by atoms with E-state index in [0.29, 0.717) is 11.7 Å². The van der Waals surface area contributed by atoms with E-state index in [4.69, 9.17) is 4.52 Å². The quantitative estimate of drug-likeness (QED) is 0.699. The molecule has 0 atom stereocenters. The SMILES string of the molecule is Cc1cc(N2CCCN(Cc3noc(C)n3)CC2)n2ncnc2n1. The molecular weight excluding hydrogens is 308 g/mol. The van der Waals surface area contributed by atoms with E-state index in [1.807, 2.05) is 18.4 Å². The minimum Gasteiger partial charge on any atom is -0.355 e. The molecule has 4 heterocycles. The van der Waals surface area contributed by atoms with Crippen molar-refractivity contribution in [1.29, 1.82) is 0 Å². The Bertz CT molecular complexity index is 841. The molecule has 1 aliphatic heterocycles. The monoisotopic (exact) mass is 328 g/mol. The number of hydrogen-bond acceptors (Lipinski definition) is 8. The molecule has 0 amide bonds. The zero-order valence-corrected chi connectivity index (χ0v) is 13.9. The highest BCUT2D eigenvalue weighted by atomic mass is 16.5. The van der Waals surface area contributed by atoms with Crippen LogP contribution in [0.1, 0.15) is 23.8 Å². The van der Waals surface area contributed by atoms with Gasteiger partial charge in [0.05, 0.1) is 6.54 Å². The highest BCUT2D eigenvalue weighted by Crippen LogP contribution is 2.18. The summed E-state index contributed by atoms with van der Waals surface area (Å²) in [7, 11) is 0. The Kier molecular flexibility index (Phi) is 3.85. The largest absolute Gasteiger partial charge is 0.355 e. The van der Waals surface area contributed by atoms with Gasteiger partial charge >= 0.3 is 0 Å². The predicted octanol–water partition coefficient (Wildman–Crippen LogP) is 0.836. The van der Waals surface area contributed by atoms with E-state index < -0.39 is 0 Å². The first-order chi connectivity index (χ1) is 11.7. The molecule has 0 aliphatic carbocycles. The summed E-state index contributed by atoms with van der Waals surface area (Å²) in [5, 5.41) is 8.30. The lowest BCUT2D eigenvalue weighted by Gasteiger charge is -2.23. The minimum absolute atomic E-state index is 0.613. The number of nitrogens with zero attached hydrogens (tertiary/aromatic N) is 8. The number of fused-ring (bicyclic) bond motifs is 1. The topological polar surface area (TPSA) is 88.5 Å². The molecule has 0 aromatic carbocycles. The first kappa shape index (κ1) is 15.0. The van der Waals surface area contributed by atoms with Crippen LogP contribution in [0.15, 0.2) is 16.9 Å². The van der Waals surface area contributed by atoms with Gasteiger partial charge in [0.15, 0.2) is 5.82 Å². The molecule has 24 heavy (non-hydrogen) atoms. The summed E-state index contributed by atoms with van der Waals surface area (Å²) >= 11 is 0. The van der Waals surface area contributed by atoms with Crippen molar-refractivity contribution >= 4 is 11.6 Å². The van der Waals surface area contributed by atoms with Crippen LogP contribution in [-0.4, -0.2) is 60.8 Å². The van der Waals surface area contributed by atoms with Gasteiger partial charge < -0.3 is 9.42 Å². The molecule has 4 rings (SSSR count). The van der Waals surface area contributed by atoms with Gasteiger partial charge in [-0.3, -0.25) is 4.90 Å². The van der Waals surface area contributed by atoms with E-state index in [1.165, 1.54) is 0 Å². The summed E-state index contributed by atoms with van der Waals surface area (Å²) in [5.41, 5.74) is 0.953. The van der Waals surface area contributed by atoms with Gasteiger partial charge in [0.25, 0.3) is 5.78 Å². The van der Waals surface area contributed by atoms with E-state index >= 15 is 0 Å². The second-order valence-corrected chi connectivity index (χ2v) is 6.07. The molecule has 0 saturated carbocycles. The summed E-state index contributed by atoms with van der Waals surface area (Å²) in [5.74, 6) is 3.06. The van der Waals surface area contributed by atoms with E-state index in [0.717, 1.165) is 56.5 Å². The van der Waals surface area contributed by atoms with Crippen LogP contribution in [0, 0.1) is 13.8 Å². The van der Waals surface area contributed by atoms with Gasteiger partial charge in [-0.25, -0.2) is 4.98 Å². The number of aryl methyl sites for hydroxylation is 2. The van der Waals surface area contributed by atoms with Crippen LogP contribution >= 0.6 is 0 Å². The third-order valence-electron chi connectivity index (χ3n) is 4.21. The predicted molar refractivity (Wildman–Crippen MR) is 86.7 cm³/mol. The van der Waals surface area contributed by atoms with E-state index in [2.05, 4.69) is 41.1 Å². The molecule has 0 unspecified atom stereocenters. The van der Waals surface area contributed by atoms with Crippen LogP contribution in [0.5, 0.6) is 0 Å². The molecule has 0 bridgehead atoms. The lowest BCUT2D eigenvalue weighted by Crippen LogP contribution is -2.32. The Morgan fingerprint density at radius 1 is 1.12 bits per heavy atom. The van der Waals surface area contributed by atoms with Crippen LogP contribution in [0.4, 0.5) is 5.82 Å². The molecule has 3 aromatic rings. The van der Waals surface area contributed by atoms with Crippen LogP contribution in [0.2, 0.25) is 0 Å². The molecule has 0 N–H and O–H groups in total. The van der Waals surface area contributed by atoms with Crippen molar-refractivity contribution in [3.63, 3.8) is 0 Å². The second-order valence-electron chi connectivity index (χ2n) is 6.07. The fraction of sp³-hybridized carbons (Fsp3) is 0.533. The van der Waals surface area contributed by atoms with Gasteiger partial charge in [-0.2, -0.15) is 19.6 Å². The van der Waals surface area contributed by atoms with Crippen LogP contribution in [-0.2, 0) is 6.54 Å². The molecular formula is C15H20N8O. The third kappa shape index (κ3) is 2.94. The Morgan fingerprint density at radius 3 is 2.88 bits per heavy atom. The van der Waals surface area contributed by atoms with Crippen molar-refractivity contribution in [1.82, 2.24) is 34.6 Å². The maximum absolute atomic E-state index is 5.06. The summed E-state index contributed by atoms with van der Waals surface area (Å²) in [6.45, 7) is 8.35. The Balaban J connectivity index is 1.50. The Morgan fingerprint density at radius 2 is 2.04 bits per heavy atom. The van der Waals surface area contributed by atoms with Crippen molar-refractivity contribution in [2.75, 3.05) is 31.1 Å². The molecule has 0 radical (unpaired) electrons. The maximum atomic E-state index is 5.06. The molecule has 1 aliphatic rings. The molecule has 3 aromatic heterocycles. The second kappa shape index (κ2) is 6.16. The molecule has 1 fully saturated rings. The van der Waals surface area contributed by atoms with Crippen LogP contribution in [0.25, 0.3) is 5.78 Å². The number of rotatable bonds is 3.